The van der Waals surface area contributed by atoms with Crippen molar-refractivity contribution in [2.45, 2.75) is 33.5 Å². The molecule has 1 atom stereocenters. The van der Waals surface area contributed by atoms with Gasteiger partial charge in [0.2, 0.25) is 0 Å². The van der Waals surface area contributed by atoms with Crippen molar-refractivity contribution in [3.8, 4) is 0 Å². The summed E-state index contributed by atoms with van der Waals surface area (Å²) in [5.74, 6) is 0. The maximum absolute atomic E-state index is 5.77. The molecule has 1 unspecified atom stereocenters. The van der Waals surface area contributed by atoms with Gasteiger partial charge in [-0.25, -0.2) is 0 Å². The quantitative estimate of drug-likeness (QED) is 0.462. The van der Waals surface area contributed by atoms with Crippen LogP contribution in [0.1, 0.15) is 38.0 Å². The van der Waals surface area contributed by atoms with Gasteiger partial charge in [-0.15, -0.1) is 0 Å². The maximum atomic E-state index is 5.77. The normalized spacial score (nSPS) is 12.0. The lowest BCUT2D eigenvalue weighted by molar-refractivity contribution is 0.0700. The van der Waals surface area contributed by atoms with E-state index < -0.39 is 19.1 Å². The van der Waals surface area contributed by atoms with Crippen molar-refractivity contribution < 1.29 is 26.6 Å². The average Bonchev–Trinajstić information content (AvgIpc) is 2.76. The van der Waals surface area contributed by atoms with Crippen LogP contribution in [0.5, 0.6) is 0 Å². The van der Waals surface area contributed by atoms with Gasteiger partial charge in [0, 0.05) is 27.4 Å². The third-order valence-corrected chi connectivity index (χ3v) is 6.24. The Kier molecular flexibility index (Phi) is 14.5. The minimum atomic E-state index is -1.59. The van der Waals surface area contributed by atoms with Crippen molar-refractivity contribution >= 4 is 19.1 Å². The summed E-state index contributed by atoms with van der Waals surface area (Å²) < 4.78 is 32.0. The summed E-state index contributed by atoms with van der Waals surface area (Å²) in [5.41, 5.74) is 2.27. The highest BCUT2D eigenvalue weighted by molar-refractivity contribution is 6.36. The second kappa shape index (κ2) is 16.4. The van der Waals surface area contributed by atoms with Crippen LogP contribution >= 0.6 is 0 Å². The lowest BCUT2D eigenvalue weighted by Gasteiger charge is -2.18. The van der Waals surface area contributed by atoms with Crippen LogP contribution in [0.2, 0.25) is 0 Å². The third kappa shape index (κ3) is 11.4. The van der Waals surface area contributed by atoms with Gasteiger partial charge in [-0.3, -0.25) is 0 Å². The van der Waals surface area contributed by atoms with Crippen LogP contribution in [0.4, 0.5) is 0 Å². The summed E-state index contributed by atoms with van der Waals surface area (Å²) >= 11 is 0. The van der Waals surface area contributed by atoms with Crippen LogP contribution in [-0.4, -0.2) is 46.5 Å². The van der Waals surface area contributed by atoms with Gasteiger partial charge < -0.3 is 26.6 Å². The molecule has 0 heterocycles. The smallest absolute Gasteiger partial charge is 0.375 e. The minimum absolute atomic E-state index is 0.00758. The zero-order chi connectivity index (χ0) is 21.3. The molecule has 29 heavy (non-hydrogen) atoms. The van der Waals surface area contributed by atoms with Gasteiger partial charge in [0.15, 0.2) is 0 Å². The topological polar surface area (TPSA) is 55.4 Å². The predicted octanol–water partition coefficient (Wildman–Crippen LogP) is 4.30. The molecule has 0 amide bonds. The molecule has 0 N–H and O–H groups in total. The fraction of sp³-hybridized carbons (Fsp3) is 0.429. The molecule has 0 spiro atoms. The van der Waals surface area contributed by atoms with E-state index in [0.29, 0.717) is 19.8 Å². The SMILES string of the molecule is CCO[Si](OCC)OC(C)c1ccccc1.CO[Si](OC)OCc1ccccc1. The molecule has 2 aromatic carbocycles. The summed E-state index contributed by atoms with van der Waals surface area (Å²) in [7, 11) is 0.0586. The van der Waals surface area contributed by atoms with Crippen molar-refractivity contribution in [3.05, 3.63) is 71.8 Å². The first-order valence-corrected chi connectivity index (χ1v) is 12.0. The van der Waals surface area contributed by atoms with Gasteiger partial charge in [0.1, 0.15) is 0 Å². The Bertz CT molecular complexity index is 607. The van der Waals surface area contributed by atoms with Crippen LogP contribution in [0.3, 0.4) is 0 Å². The van der Waals surface area contributed by atoms with E-state index in [4.69, 9.17) is 26.6 Å². The molecule has 0 bridgehead atoms. The lowest BCUT2D eigenvalue weighted by atomic mass is 10.1. The number of rotatable bonds is 12. The van der Waals surface area contributed by atoms with Gasteiger partial charge in [-0.2, -0.15) is 0 Å². The summed E-state index contributed by atoms with van der Waals surface area (Å²) in [6, 6.07) is 20.0. The maximum Gasteiger partial charge on any atom is 0.578 e. The van der Waals surface area contributed by atoms with E-state index in [1.54, 1.807) is 14.2 Å². The summed E-state index contributed by atoms with van der Waals surface area (Å²) in [4.78, 5) is 0. The van der Waals surface area contributed by atoms with Crippen molar-refractivity contribution in [1.82, 2.24) is 0 Å². The van der Waals surface area contributed by atoms with Crippen molar-refractivity contribution in [3.63, 3.8) is 0 Å². The van der Waals surface area contributed by atoms with E-state index in [2.05, 4.69) is 0 Å². The molecule has 0 aliphatic carbocycles. The number of benzene rings is 2. The van der Waals surface area contributed by atoms with Gasteiger partial charge in [0.05, 0.1) is 12.7 Å². The largest absolute Gasteiger partial charge is 0.578 e. The Morgan fingerprint density at radius 2 is 1.24 bits per heavy atom. The Morgan fingerprint density at radius 3 is 1.72 bits per heavy atom. The van der Waals surface area contributed by atoms with Crippen LogP contribution in [0, 0.1) is 0 Å². The zero-order valence-electron chi connectivity index (χ0n) is 17.9. The molecule has 6 nitrogen and oxygen atoms in total. The predicted molar refractivity (Wildman–Crippen MR) is 116 cm³/mol. The molecule has 2 aromatic rings. The first kappa shape index (κ1) is 25.7. The standard InChI is InChI=1S/C12H19O3Si.C9H13O3Si/c1-4-13-16(14-5-2)15-11(3)12-9-7-6-8-10-12;1-10-13(11-2)12-8-9-6-4-3-5-7-9/h6-11H,4-5H2,1-3H3;3-7H,8H2,1-2H3. The molecular formula is C21H32O6Si2. The van der Waals surface area contributed by atoms with E-state index >= 15 is 0 Å². The van der Waals surface area contributed by atoms with E-state index in [9.17, 15) is 0 Å². The van der Waals surface area contributed by atoms with Crippen molar-refractivity contribution in [1.29, 1.82) is 0 Å². The molecular weight excluding hydrogens is 404 g/mol. The van der Waals surface area contributed by atoms with E-state index in [1.807, 2.05) is 81.4 Å². The van der Waals surface area contributed by atoms with Gasteiger partial charge in [-0.05, 0) is 31.9 Å². The molecule has 0 saturated carbocycles. The van der Waals surface area contributed by atoms with Crippen LogP contribution < -0.4 is 0 Å². The lowest BCUT2D eigenvalue weighted by Crippen LogP contribution is -2.28. The second-order valence-electron chi connectivity index (χ2n) is 5.72. The van der Waals surface area contributed by atoms with E-state index in [-0.39, 0.29) is 6.10 Å². The highest BCUT2D eigenvalue weighted by Crippen LogP contribution is 2.17. The van der Waals surface area contributed by atoms with Crippen molar-refractivity contribution in [2.75, 3.05) is 27.4 Å². The van der Waals surface area contributed by atoms with Crippen LogP contribution in [0.25, 0.3) is 0 Å². The summed E-state index contributed by atoms with van der Waals surface area (Å²) in [5, 5.41) is 0. The number of hydrogen-bond donors (Lipinski definition) is 0. The Balaban J connectivity index is 0.000000296. The molecule has 160 valence electrons. The van der Waals surface area contributed by atoms with E-state index in [0.717, 1.165) is 11.1 Å². The van der Waals surface area contributed by atoms with Crippen LogP contribution in [0.15, 0.2) is 60.7 Å². The first-order valence-electron chi connectivity index (χ1n) is 9.60. The van der Waals surface area contributed by atoms with Gasteiger partial charge >= 0.3 is 19.1 Å². The molecule has 2 rings (SSSR count). The van der Waals surface area contributed by atoms with E-state index in [1.165, 1.54) is 0 Å². The Hall–Kier alpha value is -1.37. The van der Waals surface area contributed by atoms with Crippen LogP contribution in [-0.2, 0) is 33.2 Å². The monoisotopic (exact) mass is 436 g/mol. The zero-order valence-corrected chi connectivity index (χ0v) is 19.9. The number of hydrogen-bond acceptors (Lipinski definition) is 6. The molecule has 0 aliphatic heterocycles. The highest BCUT2D eigenvalue weighted by atomic mass is 28.3. The Labute approximate surface area is 178 Å². The molecule has 8 heteroatoms. The molecule has 0 aromatic heterocycles. The van der Waals surface area contributed by atoms with Gasteiger partial charge in [-0.1, -0.05) is 60.7 Å². The average molecular weight is 437 g/mol. The fourth-order valence-electron chi connectivity index (χ4n) is 2.20. The first-order chi connectivity index (χ1) is 14.1. The summed E-state index contributed by atoms with van der Waals surface area (Å²) in [6.07, 6.45) is 0.00758. The molecule has 0 aliphatic rings. The Morgan fingerprint density at radius 1 is 0.724 bits per heavy atom. The van der Waals surface area contributed by atoms with Crippen molar-refractivity contribution in [2.24, 2.45) is 0 Å². The van der Waals surface area contributed by atoms with Gasteiger partial charge in [0.25, 0.3) is 0 Å². The fourth-order valence-corrected chi connectivity index (χ4v) is 4.00. The second-order valence-corrected chi connectivity index (χ2v) is 8.64. The molecule has 2 radical (unpaired) electrons. The molecule has 0 saturated heterocycles. The molecule has 0 fully saturated rings. The summed E-state index contributed by atoms with van der Waals surface area (Å²) in [6.45, 7) is 7.68. The highest BCUT2D eigenvalue weighted by Gasteiger charge is 2.21. The third-order valence-electron chi connectivity index (χ3n) is 3.60. The minimum Gasteiger partial charge on any atom is -0.375 e.